The van der Waals surface area contributed by atoms with Crippen LogP contribution in [-0.4, -0.2) is 18.2 Å². The van der Waals surface area contributed by atoms with E-state index in [1.54, 1.807) is 43.5 Å². The minimum absolute atomic E-state index is 0.401. The number of methoxy groups -OCH3 is 1. The monoisotopic (exact) mass is 359 g/mol. The van der Waals surface area contributed by atoms with E-state index in [9.17, 15) is 4.79 Å². The average Bonchev–Trinajstić information content (AvgIpc) is 3.11. The highest BCUT2D eigenvalue weighted by Crippen LogP contribution is 2.26. The van der Waals surface area contributed by atoms with Crippen molar-refractivity contribution in [2.24, 2.45) is 0 Å². The van der Waals surface area contributed by atoms with E-state index < -0.39 is 5.97 Å². The van der Waals surface area contributed by atoms with Gasteiger partial charge in [-0.1, -0.05) is 41.6 Å². The Bertz CT molecular complexity index is 1090. The van der Waals surface area contributed by atoms with Crippen molar-refractivity contribution in [1.29, 1.82) is 0 Å². The first-order chi connectivity index (χ1) is 13.2. The number of aromatic nitrogens is 1. The molecule has 0 N–H and O–H groups in total. The lowest BCUT2D eigenvalue weighted by atomic mass is 10.1. The Hall–Kier alpha value is -3.60. The van der Waals surface area contributed by atoms with Gasteiger partial charge in [0.25, 0.3) is 0 Å². The molecule has 0 unspecified atom stereocenters. The molecule has 1 aromatic heterocycles. The molecular formula is C22H17NO4. The van der Waals surface area contributed by atoms with Crippen LogP contribution in [0.25, 0.3) is 11.0 Å². The number of nitrogens with zero attached hydrogens (tertiary/aromatic N) is 1. The van der Waals surface area contributed by atoms with Crippen molar-refractivity contribution < 1.29 is 18.8 Å². The quantitative estimate of drug-likeness (QED) is 0.383. The van der Waals surface area contributed by atoms with Gasteiger partial charge in [0.1, 0.15) is 11.5 Å². The zero-order valence-electron chi connectivity index (χ0n) is 14.7. The normalized spacial score (nSPS) is 10.7. The molecule has 0 radical (unpaired) electrons. The SMILES string of the molecule is COc1cccc(C(=O)Oc2ccc3c(Cc4ccccc4)noc3c2)c1. The second-order valence-corrected chi connectivity index (χ2v) is 6.07. The van der Waals surface area contributed by atoms with Crippen LogP contribution in [0, 0.1) is 0 Å². The number of fused-ring (bicyclic) bond motifs is 1. The van der Waals surface area contributed by atoms with Crippen LogP contribution in [0.4, 0.5) is 0 Å². The molecule has 0 bridgehead atoms. The van der Waals surface area contributed by atoms with Gasteiger partial charge in [0, 0.05) is 17.9 Å². The number of carbonyl (C=O) groups excluding carboxylic acids is 1. The van der Waals surface area contributed by atoms with Crippen LogP contribution in [0.3, 0.4) is 0 Å². The summed E-state index contributed by atoms with van der Waals surface area (Å²) in [7, 11) is 1.55. The van der Waals surface area contributed by atoms with Crippen molar-refractivity contribution in [1.82, 2.24) is 5.16 Å². The van der Waals surface area contributed by atoms with Gasteiger partial charge >= 0.3 is 5.97 Å². The van der Waals surface area contributed by atoms with Gasteiger partial charge in [0.2, 0.25) is 0 Å². The van der Waals surface area contributed by atoms with E-state index in [-0.39, 0.29) is 0 Å². The van der Waals surface area contributed by atoms with Gasteiger partial charge in [-0.3, -0.25) is 0 Å². The third-order valence-electron chi connectivity index (χ3n) is 4.25. The highest BCUT2D eigenvalue weighted by Gasteiger charge is 2.13. The lowest BCUT2D eigenvalue weighted by molar-refractivity contribution is 0.0734. The predicted octanol–water partition coefficient (Wildman–Crippen LogP) is 4.65. The third kappa shape index (κ3) is 3.67. The Labute approximate surface area is 156 Å². The summed E-state index contributed by atoms with van der Waals surface area (Å²) in [4.78, 5) is 12.3. The first-order valence-electron chi connectivity index (χ1n) is 8.51. The Kier molecular flexibility index (Phi) is 4.58. The fraction of sp³-hybridized carbons (Fsp3) is 0.0909. The van der Waals surface area contributed by atoms with E-state index in [0.29, 0.717) is 29.1 Å². The van der Waals surface area contributed by atoms with Crippen molar-refractivity contribution in [3.8, 4) is 11.5 Å². The Morgan fingerprint density at radius 2 is 1.81 bits per heavy atom. The van der Waals surface area contributed by atoms with Gasteiger partial charge < -0.3 is 14.0 Å². The lowest BCUT2D eigenvalue weighted by Gasteiger charge is -2.05. The molecule has 0 saturated carbocycles. The van der Waals surface area contributed by atoms with Crippen molar-refractivity contribution in [2.75, 3.05) is 7.11 Å². The van der Waals surface area contributed by atoms with Crippen LogP contribution in [0.1, 0.15) is 21.6 Å². The maximum atomic E-state index is 12.3. The van der Waals surface area contributed by atoms with Crippen LogP contribution in [-0.2, 0) is 6.42 Å². The standard InChI is InChI=1S/C22H17NO4/c1-25-17-9-5-8-16(13-17)22(24)26-18-10-11-19-20(23-27-21(19)14-18)12-15-6-3-2-4-7-15/h2-11,13-14H,12H2,1H3. The molecule has 0 aliphatic rings. The molecule has 5 heteroatoms. The Morgan fingerprint density at radius 1 is 0.963 bits per heavy atom. The van der Waals surface area contributed by atoms with Gasteiger partial charge in [-0.15, -0.1) is 0 Å². The maximum Gasteiger partial charge on any atom is 0.343 e. The van der Waals surface area contributed by atoms with Gasteiger partial charge in [0.05, 0.1) is 18.4 Å². The molecule has 5 nitrogen and oxygen atoms in total. The van der Waals surface area contributed by atoms with Crippen LogP contribution in [0.5, 0.6) is 11.5 Å². The smallest absolute Gasteiger partial charge is 0.343 e. The van der Waals surface area contributed by atoms with E-state index in [1.807, 2.05) is 36.4 Å². The molecule has 0 atom stereocenters. The van der Waals surface area contributed by atoms with E-state index in [4.69, 9.17) is 14.0 Å². The summed E-state index contributed by atoms with van der Waals surface area (Å²) in [5.74, 6) is 0.538. The van der Waals surface area contributed by atoms with E-state index >= 15 is 0 Å². The lowest BCUT2D eigenvalue weighted by Crippen LogP contribution is -2.08. The molecule has 1 heterocycles. The number of hydrogen-bond donors (Lipinski definition) is 0. The Morgan fingerprint density at radius 3 is 2.63 bits per heavy atom. The van der Waals surface area contributed by atoms with Crippen LogP contribution in [0.15, 0.2) is 77.3 Å². The first kappa shape index (κ1) is 16.8. The zero-order valence-corrected chi connectivity index (χ0v) is 14.7. The Balaban J connectivity index is 1.54. The number of rotatable bonds is 5. The molecule has 0 saturated heterocycles. The van der Waals surface area contributed by atoms with Crippen molar-refractivity contribution >= 4 is 16.9 Å². The third-order valence-corrected chi connectivity index (χ3v) is 4.25. The number of ether oxygens (including phenoxy) is 2. The van der Waals surface area contributed by atoms with Crippen molar-refractivity contribution in [3.63, 3.8) is 0 Å². The molecular weight excluding hydrogens is 342 g/mol. The van der Waals surface area contributed by atoms with E-state index in [1.165, 1.54) is 0 Å². The summed E-state index contributed by atoms with van der Waals surface area (Å²) >= 11 is 0. The minimum Gasteiger partial charge on any atom is -0.497 e. The summed E-state index contributed by atoms with van der Waals surface area (Å²) in [6.45, 7) is 0. The largest absolute Gasteiger partial charge is 0.497 e. The van der Waals surface area contributed by atoms with Gasteiger partial charge in [-0.05, 0) is 35.9 Å². The summed E-state index contributed by atoms with van der Waals surface area (Å²) in [5.41, 5.74) is 3.00. The van der Waals surface area contributed by atoms with Crippen LogP contribution >= 0.6 is 0 Å². The molecule has 0 amide bonds. The number of esters is 1. The van der Waals surface area contributed by atoms with Crippen molar-refractivity contribution in [2.45, 2.75) is 6.42 Å². The van der Waals surface area contributed by atoms with Crippen LogP contribution < -0.4 is 9.47 Å². The summed E-state index contributed by atoms with van der Waals surface area (Å²) in [6, 6.07) is 22.2. The van der Waals surface area contributed by atoms with Gasteiger partial charge in [-0.25, -0.2) is 4.79 Å². The summed E-state index contributed by atoms with van der Waals surface area (Å²) < 4.78 is 16.0. The molecule has 134 valence electrons. The zero-order chi connectivity index (χ0) is 18.6. The maximum absolute atomic E-state index is 12.3. The second kappa shape index (κ2) is 7.33. The number of benzene rings is 3. The molecule has 3 aromatic carbocycles. The molecule has 4 rings (SSSR count). The van der Waals surface area contributed by atoms with Crippen molar-refractivity contribution in [3.05, 3.63) is 89.6 Å². The molecule has 4 aromatic rings. The number of carbonyl (C=O) groups is 1. The number of hydrogen-bond acceptors (Lipinski definition) is 5. The van der Waals surface area contributed by atoms with Gasteiger partial charge in [-0.2, -0.15) is 0 Å². The topological polar surface area (TPSA) is 61.6 Å². The summed E-state index contributed by atoms with van der Waals surface area (Å²) in [5, 5.41) is 5.06. The summed E-state index contributed by atoms with van der Waals surface area (Å²) in [6.07, 6.45) is 0.677. The highest BCUT2D eigenvalue weighted by molar-refractivity contribution is 5.92. The van der Waals surface area contributed by atoms with E-state index in [2.05, 4.69) is 5.16 Å². The second-order valence-electron chi connectivity index (χ2n) is 6.07. The first-order valence-corrected chi connectivity index (χ1v) is 8.51. The minimum atomic E-state index is -0.461. The predicted molar refractivity (Wildman–Crippen MR) is 101 cm³/mol. The van der Waals surface area contributed by atoms with Gasteiger partial charge in [0.15, 0.2) is 5.58 Å². The fourth-order valence-electron chi connectivity index (χ4n) is 2.87. The molecule has 27 heavy (non-hydrogen) atoms. The average molecular weight is 359 g/mol. The highest BCUT2D eigenvalue weighted by atomic mass is 16.5. The van der Waals surface area contributed by atoms with E-state index in [0.717, 1.165) is 16.6 Å². The molecule has 0 fully saturated rings. The molecule has 0 spiro atoms. The fourth-order valence-corrected chi connectivity index (χ4v) is 2.87. The molecule has 0 aliphatic carbocycles. The van der Waals surface area contributed by atoms with Crippen LogP contribution in [0.2, 0.25) is 0 Å². The molecule has 0 aliphatic heterocycles.